The fourth-order valence-electron chi connectivity index (χ4n) is 3.68. The zero-order valence-corrected chi connectivity index (χ0v) is 14.0. The zero-order valence-electron chi connectivity index (χ0n) is 13.2. The van der Waals surface area contributed by atoms with Gasteiger partial charge in [0.2, 0.25) is 0 Å². The van der Waals surface area contributed by atoms with Crippen LogP contribution in [0.3, 0.4) is 0 Å². The Morgan fingerprint density at radius 3 is 2.55 bits per heavy atom. The number of piperazine rings is 1. The molecule has 1 N–H and O–H groups in total. The van der Waals surface area contributed by atoms with Crippen molar-refractivity contribution in [1.29, 1.82) is 0 Å². The third-order valence-electron chi connectivity index (χ3n) is 5.26. The predicted octanol–water partition coefficient (Wildman–Crippen LogP) is 1.74. The molecule has 3 nitrogen and oxygen atoms in total. The van der Waals surface area contributed by atoms with E-state index >= 15 is 0 Å². The van der Waals surface area contributed by atoms with Gasteiger partial charge < -0.3 is 10.2 Å². The number of thioether (sulfide) groups is 1. The Hall–Kier alpha value is 0.230. The largest absolute Gasteiger partial charge is 0.311 e. The summed E-state index contributed by atoms with van der Waals surface area (Å²) in [5, 5.41) is 3.82. The van der Waals surface area contributed by atoms with Crippen molar-refractivity contribution in [1.82, 2.24) is 15.1 Å². The van der Waals surface area contributed by atoms with Crippen molar-refractivity contribution in [2.24, 2.45) is 11.8 Å². The number of nitrogens with zero attached hydrogens (tertiary/aromatic N) is 2. The summed E-state index contributed by atoms with van der Waals surface area (Å²) < 4.78 is 0. The molecule has 0 radical (unpaired) electrons. The molecule has 0 amide bonds. The van der Waals surface area contributed by atoms with Crippen molar-refractivity contribution in [2.45, 2.75) is 38.8 Å². The van der Waals surface area contributed by atoms with Gasteiger partial charge in [-0.25, -0.2) is 0 Å². The minimum atomic E-state index is 0.740. The van der Waals surface area contributed by atoms with E-state index in [1.165, 1.54) is 63.6 Å². The van der Waals surface area contributed by atoms with Crippen molar-refractivity contribution in [3.05, 3.63) is 0 Å². The Morgan fingerprint density at radius 2 is 1.90 bits per heavy atom. The van der Waals surface area contributed by atoms with Crippen LogP contribution in [-0.4, -0.2) is 72.7 Å². The third-order valence-corrected chi connectivity index (χ3v) is 6.20. The molecule has 2 saturated heterocycles. The Morgan fingerprint density at radius 1 is 1.15 bits per heavy atom. The van der Waals surface area contributed by atoms with Crippen LogP contribution in [0.15, 0.2) is 0 Å². The molecular formula is C16H31N3S. The molecule has 0 aromatic carbocycles. The van der Waals surface area contributed by atoms with E-state index < -0.39 is 0 Å². The van der Waals surface area contributed by atoms with E-state index in [9.17, 15) is 0 Å². The second kappa shape index (κ2) is 6.99. The second-order valence-electron chi connectivity index (χ2n) is 7.11. The molecule has 2 unspecified atom stereocenters. The molecule has 116 valence electrons. The van der Waals surface area contributed by atoms with Gasteiger partial charge in [0.25, 0.3) is 0 Å². The lowest BCUT2D eigenvalue weighted by Crippen LogP contribution is -2.60. The molecule has 0 aromatic rings. The normalized spacial score (nSPS) is 33.8. The lowest BCUT2D eigenvalue weighted by Gasteiger charge is -2.43. The SMILES string of the molecule is CC(C)C1CNC(C2CC2)CN1CCN1CCSCC1. The maximum Gasteiger partial charge on any atom is 0.0244 e. The molecule has 1 saturated carbocycles. The highest BCUT2D eigenvalue weighted by atomic mass is 32.2. The van der Waals surface area contributed by atoms with Gasteiger partial charge in [-0.05, 0) is 24.7 Å². The highest BCUT2D eigenvalue weighted by Crippen LogP contribution is 2.34. The summed E-state index contributed by atoms with van der Waals surface area (Å²) in [5.74, 6) is 4.41. The monoisotopic (exact) mass is 297 g/mol. The summed E-state index contributed by atoms with van der Waals surface area (Å²) >= 11 is 2.11. The second-order valence-corrected chi connectivity index (χ2v) is 8.34. The molecule has 20 heavy (non-hydrogen) atoms. The summed E-state index contributed by atoms with van der Waals surface area (Å²) in [6.07, 6.45) is 2.92. The van der Waals surface area contributed by atoms with Crippen LogP contribution in [0.5, 0.6) is 0 Å². The van der Waals surface area contributed by atoms with Crippen LogP contribution in [0.25, 0.3) is 0 Å². The Kier molecular flexibility index (Phi) is 5.29. The minimum absolute atomic E-state index is 0.740. The van der Waals surface area contributed by atoms with Gasteiger partial charge in [0.05, 0.1) is 0 Å². The van der Waals surface area contributed by atoms with Crippen LogP contribution in [0, 0.1) is 11.8 Å². The van der Waals surface area contributed by atoms with Crippen molar-refractivity contribution in [2.75, 3.05) is 50.8 Å². The topological polar surface area (TPSA) is 18.5 Å². The fourth-order valence-corrected chi connectivity index (χ4v) is 4.66. The van der Waals surface area contributed by atoms with E-state index in [0.29, 0.717) is 0 Å². The summed E-state index contributed by atoms with van der Waals surface area (Å²) in [5.41, 5.74) is 0. The Bertz CT molecular complexity index is 300. The lowest BCUT2D eigenvalue weighted by molar-refractivity contribution is 0.0809. The molecule has 1 aliphatic carbocycles. The van der Waals surface area contributed by atoms with Crippen molar-refractivity contribution in [3.8, 4) is 0 Å². The van der Waals surface area contributed by atoms with Crippen molar-refractivity contribution < 1.29 is 0 Å². The van der Waals surface area contributed by atoms with Gasteiger partial charge in [0.1, 0.15) is 0 Å². The molecule has 0 spiro atoms. The summed E-state index contributed by atoms with van der Waals surface area (Å²) in [6.45, 7) is 12.4. The average Bonchev–Trinajstić information content (AvgIpc) is 3.30. The first-order valence-electron chi connectivity index (χ1n) is 8.51. The maximum absolute atomic E-state index is 3.82. The smallest absolute Gasteiger partial charge is 0.0244 e. The van der Waals surface area contributed by atoms with Crippen LogP contribution in [-0.2, 0) is 0 Å². The highest BCUT2D eigenvalue weighted by Gasteiger charge is 2.37. The molecule has 3 rings (SSSR count). The number of hydrogen-bond acceptors (Lipinski definition) is 4. The maximum atomic E-state index is 3.82. The van der Waals surface area contributed by atoms with Crippen LogP contribution >= 0.6 is 11.8 Å². The van der Waals surface area contributed by atoms with E-state index in [1.54, 1.807) is 0 Å². The van der Waals surface area contributed by atoms with Crippen LogP contribution < -0.4 is 5.32 Å². The summed E-state index contributed by atoms with van der Waals surface area (Å²) in [6, 6.07) is 1.52. The number of rotatable bonds is 5. The molecule has 0 aromatic heterocycles. The molecule has 3 aliphatic rings. The van der Waals surface area contributed by atoms with Gasteiger partial charge in [0, 0.05) is 62.9 Å². The molecule has 3 fully saturated rings. The highest BCUT2D eigenvalue weighted by molar-refractivity contribution is 7.99. The van der Waals surface area contributed by atoms with E-state index in [1.807, 2.05) is 0 Å². The average molecular weight is 298 g/mol. The first kappa shape index (κ1) is 15.1. The zero-order chi connectivity index (χ0) is 13.9. The van der Waals surface area contributed by atoms with Gasteiger partial charge in [-0.2, -0.15) is 11.8 Å². The first-order valence-corrected chi connectivity index (χ1v) is 9.67. The number of hydrogen-bond donors (Lipinski definition) is 1. The van der Waals surface area contributed by atoms with Crippen LogP contribution in [0.4, 0.5) is 0 Å². The van der Waals surface area contributed by atoms with Crippen molar-refractivity contribution >= 4 is 11.8 Å². The standard InChI is InChI=1S/C16H31N3S/c1-13(2)16-11-17-15(14-3-4-14)12-19(16)6-5-18-7-9-20-10-8-18/h13-17H,3-12H2,1-2H3. The van der Waals surface area contributed by atoms with Gasteiger partial charge in [-0.15, -0.1) is 0 Å². The quantitative estimate of drug-likeness (QED) is 0.833. The minimum Gasteiger partial charge on any atom is -0.311 e. The Balaban J connectivity index is 1.51. The van der Waals surface area contributed by atoms with Gasteiger partial charge >= 0.3 is 0 Å². The van der Waals surface area contributed by atoms with E-state index in [0.717, 1.165) is 23.9 Å². The fraction of sp³-hybridized carbons (Fsp3) is 1.00. The molecule has 0 bridgehead atoms. The number of nitrogens with one attached hydrogen (secondary N) is 1. The molecular weight excluding hydrogens is 266 g/mol. The third kappa shape index (κ3) is 3.90. The van der Waals surface area contributed by atoms with Crippen molar-refractivity contribution in [3.63, 3.8) is 0 Å². The summed E-state index contributed by atoms with van der Waals surface area (Å²) in [4.78, 5) is 5.47. The lowest BCUT2D eigenvalue weighted by atomic mass is 9.97. The Labute approximate surface area is 128 Å². The van der Waals surface area contributed by atoms with E-state index in [2.05, 4.69) is 40.7 Å². The van der Waals surface area contributed by atoms with E-state index in [-0.39, 0.29) is 0 Å². The van der Waals surface area contributed by atoms with Gasteiger partial charge in [0.15, 0.2) is 0 Å². The molecule has 2 heterocycles. The van der Waals surface area contributed by atoms with Gasteiger partial charge in [-0.1, -0.05) is 13.8 Å². The molecule has 2 atom stereocenters. The predicted molar refractivity (Wildman–Crippen MR) is 88.5 cm³/mol. The van der Waals surface area contributed by atoms with Gasteiger partial charge in [-0.3, -0.25) is 4.90 Å². The molecule has 2 aliphatic heterocycles. The molecule has 4 heteroatoms. The van der Waals surface area contributed by atoms with Crippen LogP contribution in [0.1, 0.15) is 26.7 Å². The van der Waals surface area contributed by atoms with E-state index in [4.69, 9.17) is 0 Å². The van der Waals surface area contributed by atoms with Crippen LogP contribution in [0.2, 0.25) is 0 Å². The summed E-state index contributed by atoms with van der Waals surface area (Å²) in [7, 11) is 0. The first-order chi connectivity index (χ1) is 9.74.